The molecular weight excluding hydrogens is 298 g/mol. The van der Waals surface area contributed by atoms with Crippen molar-refractivity contribution >= 4 is 17.2 Å². The third kappa shape index (κ3) is 2.93. The van der Waals surface area contributed by atoms with Gasteiger partial charge in [-0.05, 0) is 36.8 Å². The van der Waals surface area contributed by atoms with Crippen molar-refractivity contribution in [2.75, 3.05) is 7.11 Å². The molecule has 22 heavy (non-hydrogen) atoms. The van der Waals surface area contributed by atoms with Crippen molar-refractivity contribution in [3.05, 3.63) is 65.1 Å². The van der Waals surface area contributed by atoms with Gasteiger partial charge in [0.05, 0.1) is 12.8 Å². The van der Waals surface area contributed by atoms with Gasteiger partial charge in [-0.1, -0.05) is 29.8 Å². The van der Waals surface area contributed by atoms with Gasteiger partial charge in [0.25, 0.3) is 0 Å². The number of hydrogen-bond donors (Lipinski definition) is 1. The molecular formula is C17H18ClN3O. The highest BCUT2D eigenvalue weighted by molar-refractivity contribution is 6.30. The Balaban J connectivity index is 1.75. The van der Waals surface area contributed by atoms with Gasteiger partial charge in [-0.3, -0.25) is 0 Å². The minimum atomic E-state index is 0.0898. The van der Waals surface area contributed by atoms with Crippen LogP contribution >= 0.6 is 11.6 Å². The lowest BCUT2D eigenvalue weighted by molar-refractivity contribution is 0.414. The summed E-state index contributed by atoms with van der Waals surface area (Å²) in [5.74, 6) is 0.863. The van der Waals surface area contributed by atoms with Crippen molar-refractivity contribution in [1.29, 1.82) is 0 Å². The van der Waals surface area contributed by atoms with Crippen molar-refractivity contribution in [2.24, 2.45) is 0 Å². The van der Waals surface area contributed by atoms with E-state index in [0.717, 1.165) is 23.6 Å². The van der Waals surface area contributed by atoms with Crippen LogP contribution in [0.5, 0.6) is 5.75 Å². The number of aromatic nitrogens is 2. The van der Waals surface area contributed by atoms with Gasteiger partial charge in [0.2, 0.25) is 0 Å². The minimum Gasteiger partial charge on any atom is -0.497 e. The highest BCUT2D eigenvalue weighted by Crippen LogP contribution is 2.24. The smallest absolute Gasteiger partial charge is 0.152 e. The summed E-state index contributed by atoms with van der Waals surface area (Å²) < 4.78 is 7.19. The molecule has 3 aromatic rings. The van der Waals surface area contributed by atoms with Crippen LogP contribution in [-0.2, 0) is 6.54 Å². The fourth-order valence-electron chi connectivity index (χ4n) is 2.48. The average Bonchev–Trinajstić information content (AvgIpc) is 2.89. The number of halogens is 1. The standard InChI is InChI=1S/C17H18ClN3O/c1-12(19-11-13-6-8-14(22-2)9-7-13)16-17(18)20-15-5-3-4-10-21(15)16/h3-10,12,19H,11H2,1-2H3. The van der Waals surface area contributed by atoms with E-state index in [1.54, 1.807) is 7.11 Å². The molecule has 1 unspecified atom stereocenters. The predicted molar refractivity (Wildman–Crippen MR) is 88.5 cm³/mol. The van der Waals surface area contributed by atoms with E-state index >= 15 is 0 Å². The largest absolute Gasteiger partial charge is 0.497 e. The number of imidazole rings is 1. The maximum Gasteiger partial charge on any atom is 0.152 e. The first-order valence-corrected chi connectivity index (χ1v) is 7.55. The molecule has 0 saturated carbocycles. The van der Waals surface area contributed by atoms with E-state index in [1.165, 1.54) is 5.56 Å². The van der Waals surface area contributed by atoms with Crippen LogP contribution in [0.4, 0.5) is 0 Å². The van der Waals surface area contributed by atoms with Gasteiger partial charge in [-0.25, -0.2) is 4.98 Å². The molecule has 4 nitrogen and oxygen atoms in total. The fraction of sp³-hybridized carbons (Fsp3) is 0.235. The first kappa shape index (κ1) is 14.9. The van der Waals surface area contributed by atoms with Crippen LogP contribution in [0.3, 0.4) is 0 Å². The van der Waals surface area contributed by atoms with E-state index in [9.17, 15) is 0 Å². The zero-order valence-corrected chi connectivity index (χ0v) is 13.3. The molecule has 0 fully saturated rings. The molecule has 0 aliphatic rings. The first-order valence-electron chi connectivity index (χ1n) is 7.18. The van der Waals surface area contributed by atoms with Gasteiger partial charge >= 0.3 is 0 Å². The summed E-state index contributed by atoms with van der Waals surface area (Å²) in [6.07, 6.45) is 1.98. The van der Waals surface area contributed by atoms with Crippen molar-refractivity contribution in [2.45, 2.75) is 19.5 Å². The number of pyridine rings is 1. The zero-order chi connectivity index (χ0) is 15.5. The maximum atomic E-state index is 6.30. The molecule has 0 spiro atoms. The molecule has 5 heteroatoms. The molecule has 2 aromatic heterocycles. The summed E-state index contributed by atoms with van der Waals surface area (Å²) in [6.45, 7) is 2.84. The summed E-state index contributed by atoms with van der Waals surface area (Å²) in [7, 11) is 1.67. The normalized spacial score (nSPS) is 12.5. The quantitative estimate of drug-likeness (QED) is 0.777. The lowest BCUT2D eigenvalue weighted by atomic mass is 10.2. The van der Waals surface area contributed by atoms with Crippen LogP contribution in [-0.4, -0.2) is 16.5 Å². The molecule has 0 saturated heterocycles. The second-order valence-electron chi connectivity index (χ2n) is 5.17. The number of benzene rings is 1. The third-order valence-electron chi connectivity index (χ3n) is 3.70. The van der Waals surface area contributed by atoms with Crippen LogP contribution < -0.4 is 10.1 Å². The fourth-order valence-corrected chi connectivity index (χ4v) is 2.83. The van der Waals surface area contributed by atoms with E-state index in [1.807, 2.05) is 40.9 Å². The molecule has 114 valence electrons. The molecule has 1 atom stereocenters. The summed E-state index contributed by atoms with van der Waals surface area (Å²) in [5, 5.41) is 4.03. The van der Waals surface area contributed by atoms with Crippen molar-refractivity contribution in [3.8, 4) is 5.75 Å². The van der Waals surface area contributed by atoms with Crippen LogP contribution in [0.25, 0.3) is 5.65 Å². The van der Waals surface area contributed by atoms with Gasteiger partial charge in [0, 0.05) is 18.8 Å². The van der Waals surface area contributed by atoms with Gasteiger partial charge in [0.1, 0.15) is 11.4 Å². The Morgan fingerprint density at radius 3 is 2.73 bits per heavy atom. The van der Waals surface area contributed by atoms with Gasteiger partial charge in [-0.2, -0.15) is 0 Å². The summed E-state index contributed by atoms with van der Waals surface area (Å²) in [5.41, 5.74) is 3.03. The van der Waals surface area contributed by atoms with Crippen molar-refractivity contribution in [3.63, 3.8) is 0 Å². The molecule has 1 aromatic carbocycles. The molecule has 3 rings (SSSR count). The van der Waals surface area contributed by atoms with E-state index in [-0.39, 0.29) is 6.04 Å². The molecule has 0 aliphatic heterocycles. The van der Waals surface area contributed by atoms with E-state index in [2.05, 4.69) is 29.4 Å². The zero-order valence-electron chi connectivity index (χ0n) is 12.6. The van der Waals surface area contributed by atoms with E-state index < -0.39 is 0 Å². The number of rotatable bonds is 5. The molecule has 0 aliphatic carbocycles. The Morgan fingerprint density at radius 1 is 1.23 bits per heavy atom. The van der Waals surface area contributed by atoms with E-state index in [4.69, 9.17) is 16.3 Å². The minimum absolute atomic E-state index is 0.0898. The third-order valence-corrected chi connectivity index (χ3v) is 3.98. The molecule has 0 amide bonds. The first-order chi connectivity index (χ1) is 10.7. The Morgan fingerprint density at radius 2 is 2.00 bits per heavy atom. The monoisotopic (exact) mass is 315 g/mol. The number of hydrogen-bond acceptors (Lipinski definition) is 3. The molecule has 2 heterocycles. The molecule has 1 N–H and O–H groups in total. The van der Waals surface area contributed by atoms with Gasteiger partial charge < -0.3 is 14.5 Å². The summed E-state index contributed by atoms with van der Waals surface area (Å²) in [6, 6.07) is 14.0. The number of ether oxygens (including phenoxy) is 1. The Labute approximate surface area is 134 Å². The second kappa shape index (κ2) is 6.38. The van der Waals surface area contributed by atoms with Crippen LogP contribution in [0, 0.1) is 0 Å². The van der Waals surface area contributed by atoms with Crippen LogP contribution in [0.1, 0.15) is 24.2 Å². The Bertz CT molecular complexity index is 767. The van der Waals surface area contributed by atoms with Gasteiger partial charge in [-0.15, -0.1) is 0 Å². The second-order valence-corrected chi connectivity index (χ2v) is 5.53. The predicted octanol–water partition coefficient (Wildman–Crippen LogP) is 3.85. The van der Waals surface area contributed by atoms with Gasteiger partial charge in [0.15, 0.2) is 5.15 Å². The number of nitrogens with one attached hydrogen (secondary N) is 1. The highest BCUT2D eigenvalue weighted by atomic mass is 35.5. The van der Waals surface area contributed by atoms with Crippen LogP contribution in [0.2, 0.25) is 5.15 Å². The average molecular weight is 316 g/mol. The number of methoxy groups -OCH3 is 1. The SMILES string of the molecule is COc1ccc(CNC(C)c2c(Cl)nc3ccccn23)cc1. The topological polar surface area (TPSA) is 38.6 Å². The Hall–Kier alpha value is -2.04. The highest BCUT2D eigenvalue weighted by Gasteiger charge is 2.16. The van der Waals surface area contributed by atoms with Crippen LogP contribution in [0.15, 0.2) is 48.7 Å². The van der Waals surface area contributed by atoms with Crippen molar-refractivity contribution in [1.82, 2.24) is 14.7 Å². The number of fused-ring (bicyclic) bond motifs is 1. The lowest BCUT2D eigenvalue weighted by Crippen LogP contribution is -2.19. The molecule has 0 radical (unpaired) electrons. The summed E-state index contributed by atoms with van der Waals surface area (Å²) in [4.78, 5) is 4.38. The Kier molecular flexibility index (Phi) is 4.32. The van der Waals surface area contributed by atoms with E-state index in [0.29, 0.717) is 5.15 Å². The van der Waals surface area contributed by atoms with Crippen molar-refractivity contribution < 1.29 is 4.74 Å². The number of nitrogens with zero attached hydrogens (tertiary/aromatic N) is 2. The lowest BCUT2D eigenvalue weighted by Gasteiger charge is -2.14. The summed E-state index contributed by atoms with van der Waals surface area (Å²) >= 11 is 6.30. The maximum absolute atomic E-state index is 6.30. The molecule has 0 bridgehead atoms.